The molecule has 0 radical (unpaired) electrons. The molecule has 0 spiro atoms. The molecule has 48 heavy (non-hydrogen) atoms. The van der Waals surface area contributed by atoms with Crippen molar-refractivity contribution < 1.29 is 23.0 Å². The van der Waals surface area contributed by atoms with Crippen molar-refractivity contribution >= 4 is 35.7 Å². The largest absolute Gasteiger partial charge is 0.405 e. The summed E-state index contributed by atoms with van der Waals surface area (Å²) in [5.41, 5.74) is 2.05. The van der Waals surface area contributed by atoms with Crippen LogP contribution in [0, 0.1) is 5.82 Å². The Morgan fingerprint density at radius 2 is 1.56 bits per heavy atom. The maximum absolute atomic E-state index is 13.9. The molecule has 0 unspecified atom stereocenters. The summed E-state index contributed by atoms with van der Waals surface area (Å²) in [6.07, 6.45) is 1.46. The Balaban J connectivity index is 1.21. The van der Waals surface area contributed by atoms with Gasteiger partial charge in [-0.25, -0.2) is 19.3 Å². The quantitative estimate of drug-likeness (QED) is 0.188. The van der Waals surface area contributed by atoms with E-state index < -0.39 is 32.5 Å². The molecule has 0 bridgehead atoms. The second kappa shape index (κ2) is 12.5. The Bertz CT molecular complexity index is 1840. The number of hydrogen-bond donors (Lipinski definition) is 0. The molecule has 5 aromatic rings. The summed E-state index contributed by atoms with van der Waals surface area (Å²) in [7, 11) is -0.924. The number of rotatable bonds is 9. The summed E-state index contributed by atoms with van der Waals surface area (Å²) >= 11 is 0. The molecule has 2 saturated heterocycles. The van der Waals surface area contributed by atoms with Crippen molar-refractivity contribution in [3.05, 3.63) is 109 Å². The second-order valence-corrected chi connectivity index (χ2v) is 18.4. The predicted molar refractivity (Wildman–Crippen MR) is 185 cm³/mol. The zero-order valence-corrected chi connectivity index (χ0v) is 29.2. The normalized spacial score (nSPS) is 22.2. The molecule has 0 saturated carbocycles. The molecule has 2 fully saturated rings. The molecule has 0 amide bonds. The van der Waals surface area contributed by atoms with Gasteiger partial charge in [0.25, 0.3) is 8.32 Å². The summed E-state index contributed by atoms with van der Waals surface area (Å²) in [5, 5.41) is 2.21. The Kier molecular flexibility index (Phi) is 8.45. The smallest absolute Gasteiger partial charge is 0.261 e. The van der Waals surface area contributed by atoms with Gasteiger partial charge < -0.3 is 23.5 Å². The van der Waals surface area contributed by atoms with Gasteiger partial charge in [-0.05, 0) is 47.0 Å². The minimum Gasteiger partial charge on any atom is -0.405 e. The van der Waals surface area contributed by atoms with Crippen LogP contribution in [0.25, 0.3) is 11.2 Å². The van der Waals surface area contributed by atoms with E-state index in [0.717, 1.165) is 5.56 Å². The number of fused-ring (bicyclic) bond motifs is 2. The summed E-state index contributed by atoms with van der Waals surface area (Å²) in [5.74, 6) is -0.455. The van der Waals surface area contributed by atoms with Gasteiger partial charge in [0.05, 0.1) is 12.9 Å². The summed E-state index contributed by atoms with van der Waals surface area (Å²) in [4.78, 5) is 15.8. The Hall–Kier alpha value is -4.00. The van der Waals surface area contributed by atoms with Crippen LogP contribution in [0.4, 0.5) is 10.2 Å². The molecule has 9 nitrogen and oxygen atoms in total. The lowest BCUT2D eigenvalue weighted by molar-refractivity contribution is -0.199. The number of nitrogens with zero attached hydrogens (tertiary/aromatic N) is 5. The van der Waals surface area contributed by atoms with Crippen molar-refractivity contribution in [1.82, 2.24) is 19.5 Å². The molecular weight excluding hydrogens is 626 g/mol. The van der Waals surface area contributed by atoms with Gasteiger partial charge in [-0.2, -0.15) is 0 Å². The first-order valence-corrected chi connectivity index (χ1v) is 18.3. The first-order valence-electron chi connectivity index (χ1n) is 16.4. The Morgan fingerprint density at radius 3 is 2.21 bits per heavy atom. The van der Waals surface area contributed by atoms with E-state index in [1.54, 1.807) is 12.4 Å². The highest BCUT2D eigenvalue weighted by Gasteiger charge is 2.58. The number of benzene rings is 3. The van der Waals surface area contributed by atoms with Crippen LogP contribution in [0.5, 0.6) is 0 Å². The number of halogens is 1. The third kappa shape index (κ3) is 5.83. The number of aromatic nitrogens is 4. The lowest BCUT2D eigenvalue weighted by Crippen LogP contribution is -2.67. The fourth-order valence-corrected chi connectivity index (χ4v) is 11.8. The standard InChI is InChI=1S/C37H42FN5O4Si/c1-36(2,3)48(27-16-9-7-10-17-27,28-18-11-8-12-19-28)44-22-29-31-32(47-37(4,5)46-31)35(45-29)43-24-41-30-33(39-23-40-34(30)43)42(6)21-25-14-13-15-26(38)20-25/h7-20,23-24,29,31-32,35H,21-22H2,1-6H3/t29-,31-,32-,35-/m1/s1. The molecular formula is C37H42FN5O4Si. The molecule has 2 aromatic heterocycles. The minimum atomic E-state index is -2.83. The molecule has 2 aliphatic rings. The van der Waals surface area contributed by atoms with Crippen LogP contribution < -0.4 is 15.3 Å². The van der Waals surface area contributed by atoms with Gasteiger partial charge in [-0.3, -0.25) is 4.57 Å². The first-order chi connectivity index (χ1) is 23.0. The molecule has 7 rings (SSSR count). The van der Waals surface area contributed by atoms with Crippen LogP contribution in [-0.4, -0.2) is 65.6 Å². The number of imidazole rings is 1. The topological polar surface area (TPSA) is 83.8 Å². The number of ether oxygens (including phenoxy) is 3. The van der Waals surface area contributed by atoms with Crippen molar-refractivity contribution in [3.63, 3.8) is 0 Å². The minimum absolute atomic E-state index is 0.190. The Morgan fingerprint density at radius 1 is 0.896 bits per heavy atom. The maximum Gasteiger partial charge on any atom is 0.261 e. The lowest BCUT2D eigenvalue weighted by Gasteiger charge is -2.43. The van der Waals surface area contributed by atoms with E-state index in [0.29, 0.717) is 30.1 Å². The van der Waals surface area contributed by atoms with Gasteiger partial charge in [0.2, 0.25) is 0 Å². The van der Waals surface area contributed by atoms with E-state index in [2.05, 4.69) is 79.3 Å². The first kappa shape index (κ1) is 32.5. The molecule has 4 heterocycles. The average Bonchev–Trinajstić information content (AvgIpc) is 3.72. The molecule has 250 valence electrons. The summed E-state index contributed by atoms with van der Waals surface area (Å²) < 4.78 is 42.9. The fourth-order valence-electron chi connectivity index (χ4n) is 7.28. The summed E-state index contributed by atoms with van der Waals surface area (Å²) in [6.45, 7) is 11.4. The SMILES string of the molecule is CN(Cc1cccc(F)c1)c1ncnc2c1ncn2[C@@H]1O[C@H](CO[Si](c2ccccc2)(c2ccccc2)C(C)(C)C)[C@H]2OC(C)(C)O[C@H]21. The molecule has 4 atom stereocenters. The van der Waals surface area contributed by atoms with Crippen molar-refractivity contribution in [2.75, 3.05) is 18.6 Å². The van der Waals surface area contributed by atoms with Crippen LogP contribution in [-0.2, 0) is 25.2 Å². The molecule has 2 aliphatic heterocycles. The van der Waals surface area contributed by atoms with E-state index in [-0.39, 0.29) is 17.0 Å². The van der Waals surface area contributed by atoms with Crippen molar-refractivity contribution in [2.45, 2.75) is 76.5 Å². The predicted octanol–water partition coefficient (Wildman–Crippen LogP) is 5.60. The third-order valence-corrected chi connectivity index (χ3v) is 14.3. The second-order valence-electron chi connectivity index (χ2n) is 14.1. The van der Waals surface area contributed by atoms with Gasteiger partial charge in [0, 0.05) is 13.6 Å². The van der Waals surface area contributed by atoms with Crippen LogP contribution >= 0.6 is 0 Å². The van der Waals surface area contributed by atoms with Gasteiger partial charge >= 0.3 is 0 Å². The van der Waals surface area contributed by atoms with Crippen molar-refractivity contribution in [3.8, 4) is 0 Å². The van der Waals surface area contributed by atoms with Crippen LogP contribution in [0.3, 0.4) is 0 Å². The van der Waals surface area contributed by atoms with Crippen LogP contribution in [0.15, 0.2) is 97.6 Å². The van der Waals surface area contributed by atoms with Crippen LogP contribution in [0.1, 0.15) is 46.4 Å². The summed E-state index contributed by atoms with van der Waals surface area (Å²) in [6, 6.07) is 27.7. The maximum atomic E-state index is 13.9. The van der Waals surface area contributed by atoms with Crippen LogP contribution in [0.2, 0.25) is 5.04 Å². The van der Waals surface area contributed by atoms with Gasteiger partial charge in [0.1, 0.15) is 30.5 Å². The zero-order valence-electron chi connectivity index (χ0n) is 28.2. The van der Waals surface area contributed by atoms with E-state index in [9.17, 15) is 4.39 Å². The third-order valence-electron chi connectivity index (χ3n) is 9.29. The molecule has 0 N–H and O–H groups in total. The molecule has 0 aliphatic carbocycles. The fraction of sp³-hybridized carbons (Fsp3) is 0.378. The van der Waals surface area contributed by atoms with E-state index >= 15 is 0 Å². The van der Waals surface area contributed by atoms with Gasteiger partial charge in [0.15, 0.2) is 29.0 Å². The Labute approximate surface area is 281 Å². The average molecular weight is 668 g/mol. The van der Waals surface area contributed by atoms with E-state index in [1.807, 2.05) is 48.6 Å². The van der Waals surface area contributed by atoms with Crippen molar-refractivity contribution in [1.29, 1.82) is 0 Å². The van der Waals surface area contributed by atoms with Gasteiger partial charge in [-0.15, -0.1) is 0 Å². The monoisotopic (exact) mass is 667 g/mol. The van der Waals surface area contributed by atoms with Crippen molar-refractivity contribution in [2.24, 2.45) is 0 Å². The highest BCUT2D eigenvalue weighted by Crippen LogP contribution is 2.45. The van der Waals surface area contributed by atoms with E-state index in [1.165, 1.54) is 28.8 Å². The molecule has 3 aromatic carbocycles. The lowest BCUT2D eigenvalue weighted by atomic mass is 10.1. The van der Waals surface area contributed by atoms with Gasteiger partial charge in [-0.1, -0.05) is 93.6 Å². The zero-order chi connectivity index (χ0) is 33.7. The highest BCUT2D eigenvalue weighted by molar-refractivity contribution is 6.99. The number of hydrogen-bond acceptors (Lipinski definition) is 8. The number of anilines is 1. The molecule has 11 heteroatoms. The highest BCUT2D eigenvalue weighted by atomic mass is 28.4. The van der Waals surface area contributed by atoms with E-state index in [4.69, 9.17) is 23.6 Å².